The number of azo groups is 2. The SMILES string of the molecule is CC(C)(C)c1nn(-c2nc(Nc3cc(OC=O)cc(OC=O)c3)nc(Nc3cc(OC=O)cc(C(=O)O)c3)n2)c(N)c1N=Nc1nnc(Cc2nnc(N=Nc3c(C(C)(C)C)nn(-c4nc(Nc5cc(OC=O)cc(C(=O)O)c5)nc(Nc5cc(C(=O)O)cc(C(=O)O)c5)n4)c3N)s2)s1. The van der Waals surface area contributed by atoms with Crippen LogP contribution in [0.2, 0.25) is 0 Å². The molecular weight excluding hydrogens is 1340 g/mol. The molecule has 6 heterocycles. The molecule has 0 saturated carbocycles. The molecule has 0 amide bonds. The Kier molecular flexibility index (Phi) is 19.5. The van der Waals surface area contributed by atoms with Gasteiger partial charge in [0.1, 0.15) is 33.0 Å². The van der Waals surface area contributed by atoms with Gasteiger partial charge in [0.25, 0.3) is 48.0 Å². The summed E-state index contributed by atoms with van der Waals surface area (Å²) in [7, 11) is 0. The Morgan fingerprint density at radius 3 is 1.06 bits per heavy atom. The van der Waals surface area contributed by atoms with E-state index in [1.807, 2.05) is 41.5 Å². The molecule has 10 rings (SSSR count). The number of aromatic nitrogens is 14. The van der Waals surface area contributed by atoms with Gasteiger partial charge in [0.2, 0.25) is 23.8 Å². The van der Waals surface area contributed by atoms with E-state index in [4.69, 9.17) is 40.6 Å². The zero-order valence-electron chi connectivity index (χ0n) is 51.7. The number of ether oxygens (including phenoxy) is 4. The Balaban J connectivity index is 0.927. The lowest BCUT2D eigenvalue weighted by molar-refractivity contribution is -0.121. The average Bonchev–Trinajstić information content (AvgIpc) is 1.65. The number of nitrogens with two attached hydrogens (primary N) is 2. The first-order valence-corrected chi connectivity index (χ1v) is 29.6. The predicted octanol–water partition coefficient (Wildman–Crippen LogP) is 8.22. The zero-order valence-corrected chi connectivity index (χ0v) is 53.3. The summed E-state index contributed by atoms with van der Waals surface area (Å²) in [6, 6.07) is 14.3. The van der Waals surface area contributed by atoms with Crippen LogP contribution in [0, 0.1) is 0 Å². The lowest BCUT2D eigenvalue weighted by Crippen LogP contribution is -2.15. The number of carbonyl (C=O) groups excluding carboxylic acids is 4. The number of hydrogen-bond acceptors (Lipinski definition) is 36. The van der Waals surface area contributed by atoms with Gasteiger partial charge in [-0.1, -0.05) is 64.2 Å². The summed E-state index contributed by atoms with van der Waals surface area (Å²) in [5.74, 6) is -7.90. The standard InChI is InChI=1S/C57H48N24O16S2/c1-56(2,3)40-38(42(58)80(78-40)52-66-48(60-28-8-24(44(86)87)7-25(9-28)45(88)89)64-49(67-52)61-29-10-26(46(90)91)12-32(14-29)94-20-82)72-76-54-74-70-36(98-54)19-37-71-75-55(99-37)77-73-39-41(57(4,5)6)79-81(43(39)59)53-68-50(62-30-11-27(47(92)93)13-33(15-30)95-21-83)65-51(69-53)63-31-16-34(96-22-84)18-35(17-31)97-23-85/h7-18,20-23H,19,58-59H2,1-6H3,(H,86,87)(H,88,89)(H,90,91)(H,92,93)(H2,60,61,64,66,67)(H2,62,63,65,68,69). The van der Waals surface area contributed by atoms with Crippen molar-refractivity contribution in [2.24, 2.45) is 20.5 Å². The van der Waals surface area contributed by atoms with Crippen LogP contribution in [0.15, 0.2) is 93.3 Å². The summed E-state index contributed by atoms with van der Waals surface area (Å²) in [4.78, 5) is 120. The molecule has 0 unspecified atom stereocenters. The van der Waals surface area contributed by atoms with Crippen molar-refractivity contribution in [1.29, 1.82) is 0 Å². The van der Waals surface area contributed by atoms with E-state index >= 15 is 0 Å². The Bertz CT molecular complexity index is 4880. The number of nitrogens with zero attached hydrogens (tertiary/aromatic N) is 18. The summed E-state index contributed by atoms with van der Waals surface area (Å²) in [6.45, 7) is 11.4. The minimum atomic E-state index is -1.44. The van der Waals surface area contributed by atoms with Gasteiger partial charge in [0.15, 0.2) is 23.0 Å². The van der Waals surface area contributed by atoms with E-state index in [9.17, 15) is 58.8 Å². The smallest absolute Gasteiger partial charge is 0.335 e. The van der Waals surface area contributed by atoms with Crippen molar-refractivity contribution in [2.75, 3.05) is 32.7 Å². The van der Waals surface area contributed by atoms with E-state index in [1.54, 1.807) is 0 Å². The third-order valence-electron chi connectivity index (χ3n) is 12.9. The molecule has 12 N–H and O–H groups in total. The fourth-order valence-electron chi connectivity index (χ4n) is 8.72. The van der Waals surface area contributed by atoms with Crippen LogP contribution in [0.4, 0.5) is 79.8 Å². The molecule has 10 aromatic rings. The molecule has 40 nitrogen and oxygen atoms in total. The number of anilines is 10. The Morgan fingerprint density at radius 1 is 0.444 bits per heavy atom. The third kappa shape index (κ3) is 16.4. The maximum Gasteiger partial charge on any atom is 0.335 e. The van der Waals surface area contributed by atoms with Crippen molar-refractivity contribution in [3.63, 3.8) is 0 Å². The number of hydrogen-bond donors (Lipinski definition) is 10. The minimum Gasteiger partial charge on any atom is -0.478 e. The van der Waals surface area contributed by atoms with Crippen molar-refractivity contribution in [3.8, 4) is 34.9 Å². The molecule has 0 fully saturated rings. The number of nitrogen functional groups attached to an aromatic ring is 2. The summed E-state index contributed by atoms with van der Waals surface area (Å²) in [5.41, 5.74) is 11.5. The first-order valence-electron chi connectivity index (χ1n) is 28.0. The van der Waals surface area contributed by atoms with Crippen LogP contribution in [0.3, 0.4) is 0 Å². The van der Waals surface area contributed by atoms with E-state index in [1.165, 1.54) is 42.5 Å². The van der Waals surface area contributed by atoms with Gasteiger partial charge < -0.3 is 72.1 Å². The summed E-state index contributed by atoms with van der Waals surface area (Å²) >= 11 is 2.09. The van der Waals surface area contributed by atoms with Crippen LogP contribution in [0.1, 0.15) is 104 Å². The molecule has 4 aromatic carbocycles. The number of benzene rings is 4. The first-order chi connectivity index (χ1) is 47.1. The van der Waals surface area contributed by atoms with E-state index in [0.29, 0.717) is 15.7 Å². The molecule has 0 saturated heterocycles. The van der Waals surface area contributed by atoms with Gasteiger partial charge in [-0.3, -0.25) is 19.2 Å². The second-order valence-corrected chi connectivity index (χ2v) is 24.2. The predicted molar refractivity (Wildman–Crippen MR) is 345 cm³/mol. The molecule has 0 atom stereocenters. The van der Waals surface area contributed by atoms with Gasteiger partial charge in [0.05, 0.1) is 40.1 Å². The molecule has 0 aliphatic heterocycles. The number of carbonyl (C=O) groups is 8. The molecule has 0 radical (unpaired) electrons. The summed E-state index contributed by atoms with van der Waals surface area (Å²) in [5, 5.41) is 95.5. The van der Waals surface area contributed by atoms with Gasteiger partial charge in [-0.25, -0.2) is 19.2 Å². The lowest BCUT2D eigenvalue weighted by atomic mass is 9.91. The van der Waals surface area contributed by atoms with Gasteiger partial charge >= 0.3 is 23.9 Å². The maximum atomic E-state index is 12.0. The minimum absolute atomic E-state index is 0.0108. The van der Waals surface area contributed by atoms with Crippen molar-refractivity contribution in [3.05, 3.63) is 116 Å². The first kappa shape index (κ1) is 68.1. The van der Waals surface area contributed by atoms with Crippen LogP contribution in [-0.4, -0.2) is 140 Å². The molecule has 504 valence electrons. The molecule has 0 aliphatic carbocycles. The van der Waals surface area contributed by atoms with E-state index in [0.717, 1.165) is 62.4 Å². The Morgan fingerprint density at radius 2 is 0.747 bits per heavy atom. The fourth-order valence-corrected chi connectivity index (χ4v) is 10.1. The highest BCUT2D eigenvalue weighted by molar-refractivity contribution is 7.16. The molecule has 42 heteroatoms. The number of carboxylic acids is 4. The van der Waals surface area contributed by atoms with E-state index < -0.39 is 45.8 Å². The van der Waals surface area contributed by atoms with Crippen LogP contribution in [0.25, 0.3) is 11.9 Å². The number of carboxylic acid groups (broad SMARTS) is 4. The fraction of sp³-hybridized carbons (Fsp3) is 0.158. The van der Waals surface area contributed by atoms with Gasteiger partial charge in [0, 0.05) is 63.9 Å². The molecule has 0 bridgehead atoms. The highest BCUT2D eigenvalue weighted by Crippen LogP contribution is 2.41. The maximum absolute atomic E-state index is 12.0. The van der Waals surface area contributed by atoms with Crippen molar-refractivity contribution in [1.82, 2.24) is 69.9 Å². The van der Waals surface area contributed by atoms with Crippen LogP contribution >= 0.6 is 22.7 Å². The topological polar surface area (TPSA) is 569 Å². The van der Waals surface area contributed by atoms with Gasteiger partial charge in [-0.15, -0.1) is 40.9 Å². The number of rotatable bonds is 28. The monoisotopic (exact) mass is 1390 g/mol. The van der Waals surface area contributed by atoms with Gasteiger partial charge in [-0.05, 0) is 42.5 Å². The Hall–Kier alpha value is -13.8. The highest BCUT2D eigenvalue weighted by Gasteiger charge is 2.31. The third-order valence-corrected chi connectivity index (χ3v) is 14.5. The van der Waals surface area contributed by atoms with Crippen molar-refractivity contribution >= 4 is 152 Å². The zero-order chi connectivity index (χ0) is 71.0. The molecular formula is C57H48N24O16S2. The second-order valence-electron chi connectivity index (χ2n) is 22.1. The van der Waals surface area contributed by atoms with E-state index in [2.05, 4.69) is 92.0 Å². The number of aromatic carboxylic acids is 4. The molecule has 6 aromatic heterocycles. The molecule has 0 aliphatic rings. The highest BCUT2D eigenvalue weighted by atomic mass is 32.1. The molecule has 0 spiro atoms. The number of nitrogens with one attached hydrogen (secondary N) is 4. The Labute approximate surface area is 560 Å². The van der Waals surface area contributed by atoms with Crippen LogP contribution in [-0.2, 0) is 36.4 Å². The second kappa shape index (κ2) is 28.4. The largest absolute Gasteiger partial charge is 0.478 e. The van der Waals surface area contributed by atoms with E-state index in [-0.39, 0.29) is 164 Å². The quantitative estimate of drug-likeness (QED) is 0.0163. The molecule has 99 heavy (non-hydrogen) atoms. The van der Waals surface area contributed by atoms with Gasteiger partial charge in [-0.2, -0.15) is 49.5 Å². The van der Waals surface area contributed by atoms with Crippen molar-refractivity contribution < 1.29 is 77.7 Å². The normalized spacial score (nSPS) is 11.5. The lowest BCUT2D eigenvalue weighted by Gasteiger charge is -2.15. The summed E-state index contributed by atoms with van der Waals surface area (Å²) < 4.78 is 22.1. The summed E-state index contributed by atoms with van der Waals surface area (Å²) in [6.07, 6.45) is 0.0926. The van der Waals surface area contributed by atoms with Crippen molar-refractivity contribution in [2.45, 2.75) is 58.8 Å². The van der Waals surface area contributed by atoms with Crippen LogP contribution < -0.4 is 51.7 Å². The average molecular weight is 1390 g/mol. The van der Waals surface area contributed by atoms with Crippen LogP contribution in [0.5, 0.6) is 23.0 Å².